The van der Waals surface area contributed by atoms with E-state index in [0.29, 0.717) is 6.04 Å². The molecule has 0 saturated heterocycles. The molecule has 3 nitrogen and oxygen atoms in total. The lowest BCUT2D eigenvalue weighted by molar-refractivity contribution is 0.642. The predicted molar refractivity (Wildman–Crippen MR) is 229 cm³/mol. The second kappa shape index (κ2) is 11.8. The molecule has 11 aromatic rings. The maximum Gasteiger partial charge on any atom is 0.0541 e. The molecule has 0 radical (unpaired) electrons. The molecule has 0 N–H and O–H groups in total. The van der Waals surface area contributed by atoms with Gasteiger partial charge in [-0.25, -0.2) is 0 Å². The Hall–Kier alpha value is -6.84. The highest BCUT2D eigenvalue weighted by atomic mass is 15.0. The van der Waals surface area contributed by atoms with Crippen LogP contribution in [-0.4, -0.2) is 13.7 Å². The minimum atomic E-state index is 0.322. The Balaban J connectivity index is 1.08. The van der Waals surface area contributed by atoms with Gasteiger partial charge in [-0.05, 0) is 121 Å². The number of aromatic nitrogens is 3. The van der Waals surface area contributed by atoms with Gasteiger partial charge in [0.15, 0.2) is 0 Å². The van der Waals surface area contributed by atoms with Gasteiger partial charge in [0.2, 0.25) is 0 Å². The summed E-state index contributed by atoms with van der Waals surface area (Å²) in [5.41, 5.74) is 14.7. The molecule has 0 unspecified atom stereocenters. The number of para-hydroxylation sites is 4. The lowest BCUT2D eigenvalue weighted by Crippen LogP contribution is -1.99. The molecule has 0 spiro atoms. The highest BCUT2D eigenvalue weighted by Gasteiger charge is 2.18. The molecule has 8 aromatic carbocycles. The Morgan fingerprint density at radius 3 is 1.00 bits per heavy atom. The quantitative estimate of drug-likeness (QED) is 0.171. The standard InChI is InChI=1S/C51H37N3/c1-33(2)52-48-25-21-36(34-23-27-50-42(29-34)40-17-9-11-19-46(40)53(50)38-13-5-3-6-14-38)31-44(48)45-32-37(22-26-49(45)52)35-24-28-51-43(30-35)41-18-10-12-20-47(41)54(51)39-15-7-4-8-16-39/h3-33H,1-2H3. The van der Waals surface area contributed by atoms with Crippen molar-refractivity contribution in [1.82, 2.24) is 13.7 Å². The van der Waals surface area contributed by atoms with Gasteiger partial charge in [0, 0.05) is 60.8 Å². The van der Waals surface area contributed by atoms with Crippen molar-refractivity contribution in [2.75, 3.05) is 0 Å². The van der Waals surface area contributed by atoms with Crippen molar-refractivity contribution in [2.24, 2.45) is 0 Å². The molecule has 0 aliphatic carbocycles. The molecule has 3 heteroatoms. The normalized spacial score (nSPS) is 12.1. The highest BCUT2D eigenvalue weighted by Crippen LogP contribution is 2.40. The monoisotopic (exact) mass is 691 g/mol. The van der Waals surface area contributed by atoms with Crippen molar-refractivity contribution in [2.45, 2.75) is 19.9 Å². The summed E-state index contributed by atoms with van der Waals surface area (Å²) >= 11 is 0. The number of nitrogens with zero attached hydrogens (tertiary/aromatic N) is 3. The van der Waals surface area contributed by atoms with Crippen molar-refractivity contribution >= 4 is 65.4 Å². The van der Waals surface area contributed by atoms with Crippen LogP contribution in [0.3, 0.4) is 0 Å². The zero-order valence-electron chi connectivity index (χ0n) is 30.2. The van der Waals surface area contributed by atoms with Gasteiger partial charge in [0.25, 0.3) is 0 Å². The molecular formula is C51H37N3. The van der Waals surface area contributed by atoms with Crippen LogP contribution in [0.4, 0.5) is 0 Å². The van der Waals surface area contributed by atoms with E-state index in [2.05, 4.69) is 210 Å². The molecule has 0 amide bonds. The highest BCUT2D eigenvalue weighted by molar-refractivity contribution is 6.14. The lowest BCUT2D eigenvalue weighted by atomic mass is 9.98. The third-order valence-electron chi connectivity index (χ3n) is 11.4. The molecule has 54 heavy (non-hydrogen) atoms. The molecule has 0 aliphatic rings. The molecule has 3 aromatic heterocycles. The predicted octanol–water partition coefficient (Wildman–Crippen LogP) is 13.9. The molecule has 256 valence electrons. The number of fused-ring (bicyclic) bond motifs is 9. The summed E-state index contributed by atoms with van der Waals surface area (Å²) in [6.45, 7) is 4.57. The van der Waals surface area contributed by atoms with Gasteiger partial charge in [-0.3, -0.25) is 0 Å². The molecule has 0 atom stereocenters. The lowest BCUT2D eigenvalue weighted by Gasteiger charge is -2.12. The van der Waals surface area contributed by atoms with E-state index >= 15 is 0 Å². The summed E-state index contributed by atoms with van der Waals surface area (Å²) < 4.78 is 7.25. The van der Waals surface area contributed by atoms with Crippen LogP contribution in [-0.2, 0) is 0 Å². The van der Waals surface area contributed by atoms with Crippen LogP contribution in [0.15, 0.2) is 182 Å². The number of hydrogen-bond donors (Lipinski definition) is 0. The van der Waals surface area contributed by atoms with Gasteiger partial charge in [0.05, 0.1) is 22.1 Å². The first-order valence-electron chi connectivity index (χ1n) is 18.9. The van der Waals surface area contributed by atoms with E-state index in [9.17, 15) is 0 Å². The van der Waals surface area contributed by atoms with Crippen LogP contribution < -0.4 is 0 Å². The number of hydrogen-bond acceptors (Lipinski definition) is 0. The van der Waals surface area contributed by atoms with E-state index in [0.717, 1.165) is 0 Å². The van der Waals surface area contributed by atoms with Crippen LogP contribution in [0.5, 0.6) is 0 Å². The molecule has 0 saturated carbocycles. The largest absolute Gasteiger partial charge is 0.338 e. The van der Waals surface area contributed by atoms with E-state index in [1.54, 1.807) is 0 Å². The van der Waals surface area contributed by atoms with Crippen LogP contribution in [0.2, 0.25) is 0 Å². The molecule has 0 aliphatic heterocycles. The van der Waals surface area contributed by atoms with E-state index in [4.69, 9.17) is 0 Å². The Morgan fingerprint density at radius 2 is 0.611 bits per heavy atom. The average Bonchev–Trinajstić information content (AvgIpc) is 3.86. The van der Waals surface area contributed by atoms with Gasteiger partial charge < -0.3 is 13.7 Å². The summed E-state index contributed by atoms with van der Waals surface area (Å²) in [5, 5.41) is 7.64. The Kier molecular flexibility index (Phi) is 6.74. The molecule has 0 bridgehead atoms. The molecular weight excluding hydrogens is 655 g/mol. The van der Waals surface area contributed by atoms with E-state index in [-0.39, 0.29) is 0 Å². The van der Waals surface area contributed by atoms with Gasteiger partial charge in [-0.2, -0.15) is 0 Å². The molecule has 0 fully saturated rings. The number of rotatable bonds is 5. The van der Waals surface area contributed by atoms with Crippen molar-refractivity contribution in [1.29, 1.82) is 0 Å². The first-order chi connectivity index (χ1) is 26.6. The summed E-state index contributed by atoms with van der Waals surface area (Å²) in [4.78, 5) is 0. The van der Waals surface area contributed by atoms with Gasteiger partial charge in [-0.1, -0.05) is 97.1 Å². The third-order valence-corrected chi connectivity index (χ3v) is 11.4. The maximum absolute atomic E-state index is 2.49. The van der Waals surface area contributed by atoms with Gasteiger partial charge >= 0.3 is 0 Å². The molecule has 11 rings (SSSR count). The van der Waals surface area contributed by atoms with E-state index < -0.39 is 0 Å². The zero-order valence-corrected chi connectivity index (χ0v) is 30.2. The minimum Gasteiger partial charge on any atom is -0.338 e. The summed E-state index contributed by atoms with van der Waals surface area (Å²) in [6, 6.07) is 67.2. The van der Waals surface area contributed by atoms with Crippen molar-refractivity contribution in [3.63, 3.8) is 0 Å². The van der Waals surface area contributed by atoms with Gasteiger partial charge in [0.1, 0.15) is 0 Å². The first kappa shape index (κ1) is 30.8. The SMILES string of the molecule is CC(C)n1c2ccc(-c3ccc4c(c3)c3ccccc3n4-c3ccccc3)cc2c2cc(-c3ccc4c(c3)c3ccccc3n4-c3ccccc3)ccc21. The fraction of sp³-hybridized carbons (Fsp3) is 0.0588. The van der Waals surface area contributed by atoms with Crippen LogP contribution in [0.1, 0.15) is 19.9 Å². The summed E-state index contributed by atoms with van der Waals surface area (Å²) in [6.07, 6.45) is 0. The second-order valence-corrected chi connectivity index (χ2v) is 14.8. The topological polar surface area (TPSA) is 14.8 Å². The average molecular weight is 692 g/mol. The Bertz CT molecular complexity index is 3010. The minimum absolute atomic E-state index is 0.322. The fourth-order valence-corrected chi connectivity index (χ4v) is 8.98. The van der Waals surface area contributed by atoms with Gasteiger partial charge in [-0.15, -0.1) is 0 Å². The molecule has 3 heterocycles. The van der Waals surface area contributed by atoms with Crippen LogP contribution in [0, 0.1) is 0 Å². The van der Waals surface area contributed by atoms with Crippen LogP contribution in [0.25, 0.3) is 99.0 Å². The first-order valence-corrected chi connectivity index (χ1v) is 18.9. The number of benzene rings is 8. The zero-order chi connectivity index (χ0) is 35.9. The van der Waals surface area contributed by atoms with E-state index in [1.165, 1.54) is 99.0 Å². The summed E-state index contributed by atoms with van der Waals surface area (Å²) in [7, 11) is 0. The van der Waals surface area contributed by atoms with E-state index in [1.807, 2.05) is 0 Å². The summed E-state index contributed by atoms with van der Waals surface area (Å²) in [5.74, 6) is 0. The second-order valence-electron chi connectivity index (χ2n) is 14.8. The third kappa shape index (κ3) is 4.55. The Morgan fingerprint density at radius 1 is 0.296 bits per heavy atom. The van der Waals surface area contributed by atoms with Crippen molar-refractivity contribution in [3.8, 4) is 33.6 Å². The smallest absolute Gasteiger partial charge is 0.0541 e. The van der Waals surface area contributed by atoms with Crippen molar-refractivity contribution < 1.29 is 0 Å². The maximum atomic E-state index is 2.49. The fourth-order valence-electron chi connectivity index (χ4n) is 8.98. The van der Waals surface area contributed by atoms with Crippen LogP contribution >= 0.6 is 0 Å². The van der Waals surface area contributed by atoms with Crippen molar-refractivity contribution in [3.05, 3.63) is 182 Å². The Labute approximate surface area is 313 Å².